The first-order valence-corrected chi connectivity index (χ1v) is 15.5. The van der Waals surface area contributed by atoms with Gasteiger partial charge in [0.1, 0.15) is 0 Å². The molecule has 1 aliphatic carbocycles. The van der Waals surface area contributed by atoms with Crippen molar-refractivity contribution in [2.45, 2.75) is 81.9 Å². The van der Waals surface area contributed by atoms with E-state index in [9.17, 15) is 57.1 Å². The number of allylic oxidation sites excluding steroid dienone is 2. The van der Waals surface area contributed by atoms with Crippen LogP contribution in [0.25, 0.3) is 0 Å². The summed E-state index contributed by atoms with van der Waals surface area (Å²) in [6.07, 6.45) is 6.90. The Hall–Kier alpha value is -3.61. The van der Waals surface area contributed by atoms with Crippen molar-refractivity contribution in [2.24, 2.45) is 4.99 Å². The van der Waals surface area contributed by atoms with Gasteiger partial charge >= 0.3 is 15.6 Å². The number of rotatable bonds is 7. The molecule has 0 saturated heterocycles. The SMILES string of the molecule is CC1=CC=CC(C)(N2C=NC(CC(C)c3c(F)c(F)c(F)c(F)c3F)C2CC(C)c2c(F)c(F)c(F)c(F)c2F)C1.O=S(=O)(O)C(F)(F)F. The van der Waals surface area contributed by atoms with Gasteiger partial charge in [-0.15, -0.1) is 0 Å². The third-order valence-electron chi connectivity index (χ3n) is 8.20. The van der Waals surface area contributed by atoms with Crippen LogP contribution >= 0.6 is 0 Å². The highest BCUT2D eigenvalue weighted by Crippen LogP contribution is 2.41. The third kappa shape index (κ3) is 7.91. The van der Waals surface area contributed by atoms with Gasteiger partial charge in [-0.1, -0.05) is 37.6 Å². The van der Waals surface area contributed by atoms with E-state index in [1.165, 1.54) is 20.2 Å². The fourth-order valence-electron chi connectivity index (χ4n) is 5.88. The van der Waals surface area contributed by atoms with Gasteiger partial charge in [0.05, 0.1) is 24.0 Å². The maximum Gasteiger partial charge on any atom is 0.522 e. The maximum absolute atomic E-state index is 14.7. The topological polar surface area (TPSA) is 70.0 Å². The lowest BCUT2D eigenvalue weighted by molar-refractivity contribution is -0.0510. The van der Waals surface area contributed by atoms with Gasteiger partial charge in [-0.25, -0.2) is 43.9 Å². The van der Waals surface area contributed by atoms with Crippen molar-refractivity contribution in [1.29, 1.82) is 0 Å². The summed E-state index contributed by atoms with van der Waals surface area (Å²) in [5.74, 6) is -23.4. The van der Waals surface area contributed by atoms with Crippen LogP contribution < -0.4 is 0 Å². The molecule has 0 aromatic heterocycles. The minimum absolute atomic E-state index is 0.223. The van der Waals surface area contributed by atoms with Crippen LogP contribution in [0.1, 0.15) is 69.9 Å². The van der Waals surface area contributed by atoms with Crippen molar-refractivity contribution < 1.29 is 70.0 Å². The molecule has 19 heteroatoms. The van der Waals surface area contributed by atoms with Crippen molar-refractivity contribution in [3.8, 4) is 0 Å². The van der Waals surface area contributed by atoms with Gasteiger partial charge in [-0.05, 0) is 44.9 Å². The molecule has 0 radical (unpaired) electrons. The second kappa shape index (κ2) is 14.3. The molecule has 2 aromatic carbocycles. The minimum atomic E-state index is -5.84. The Balaban J connectivity index is 0.000000723. The highest BCUT2D eigenvalue weighted by atomic mass is 32.2. The Bertz CT molecular complexity index is 1750. The van der Waals surface area contributed by atoms with E-state index in [4.69, 9.17) is 13.0 Å². The number of hydrogen-bond acceptors (Lipinski definition) is 4. The van der Waals surface area contributed by atoms with Crippen LogP contribution in [0.15, 0.2) is 28.8 Å². The third-order valence-corrected chi connectivity index (χ3v) is 8.79. The van der Waals surface area contributed by atoms with Gasteiger partial charge in [-0.2, -0.15) is 21.6 Å². The Kier molecular flexibility index (Phi) is 11.6. The first-order valence-electron chi connectivity index (χ1n) is 14.1. The van der Waals surface area contributed by atoms with Crippen LogP contribution in [0.4, 0.5) is 57.1 Å². The number of hydrogen-bond donors (Lipinski definition) is 1. The average molecular weight is 743 g/mol. The lowest BCUT2D eigenvalue weighted by Crippen LogP contribution is -2.51. The lowest BCUT2D eigenvalue weighted by atomic mass is 9.81. The minimum Gasteiger partial charge on any atom is -0.349 e. The summed E-state index contributed by atoms with van der Waals surface area (Å²) in [5, 5.41) is 0. The van der Waals surface area contributed by atoms with Crippen LogP contribution in [0.5, 0.6) is 0 Å². The molecule has 5 unspecified atom stereocenters. The Morgan fingerprint density at radius 2 is 1.16 bits per heavy atom. The predicted octanol–water partition coefficient (Wildman–Crippen LogP) is 8.91. The number of halogens is 13. The van der Waals surface area contributed by atoms with E-state index in [-0.39, 0.29) is 12.8 Å². The van der Waals surface area contributed by atoms with Crippen molar-refractivity contribution in [3.05, 3.63) is 93.1 Å². The van der Waals surface area contributed by atoms with E-state index in [0.717, 1.165) is 5.57 Å². The van der Waals surface area contributed by atoms with Crippen LogP contribution in [-0.2, 0) is 10.1 Å². The van der Waals surface area contributed by atoms with Gasteiger partial charge in [-0.3, -0.25) is 9.55 Å². The second-order valence-electron chi connectivity index (χ2n) is 11.9. The highest BCUT2D eigenvalue weighted by molar-refractivity contribution is 7.86. The van der Waals surface area contributed by atoms with Gasteiger partial charge in [0.2, 0.25) is 11.6 Å². The fraction of sp³-hybridized carbons (Fsp3) is 0.433. The van der Waals surface area contributed by atoms with Crippen LogP contribution in [-0.4, -0.2) is 47.3 Å². The summed E-state index contributed by atoms with van der Waals surface area (Å²) in [5.41, 5.74) is -7.39. The van der Waals surface area contributed by atoms with E-state index in [1.54, 1.807) is 11.0 Å². The molecule has 0 amide bonds. The number of benzene rings is 2. The zero-order valence-corrected chi connectivity index (χ0v) is 26.5. The molecule has 0 saturated carbocycles. The molecular weight excluding hydrogens is 715 g/mol. The lowest BCUT2D eigenvalue weighted by Gasteiger charge is -2.44. The maximum atomic E-state index is 14.7. The van der Waals surface area contributed by atoms with Gasteiger partial charge in [0, 0.05) is 11.1 Å². The molecule has 1 aliphatic heterocycles. The molecule has 1 heterocycles. The first-order chi connectivity index (χ1) is 22.4. The molecular formula is C30H27F13N2O3S. The van der Waals surface area contributed by atoms with Crippen LogP contribution in [0.3, 0.4) is 0 Å². The predicted molar refractivity (Wildman–Crippen MR) is 150 cm³/mol. The van der Waals surface area contributed by atoms with Crippen LogP contribution in [0.2, 0.25) is 0 Å². The van der Waals surface area contributed by atoms with Crippen molar-refractivity contribution in [2.75, 3.05) is 0 Å². The molecule has 2 aromatic rings. The Morgan fingerprint density at radius 3 is 1.53 bits per heavy atom. The molecule has 272 valence electrons. The standard InChI is InChI=1S/C29H26F10N2.CHF3O3S/c1-12-6-5-7-29(4,10-12)41-11-40-15(8-13(2)17-19(30)23(34)27(38)24(35)20(17)31)16(41)9-14(3)18-21(32)25(36)28(39)26(37)22(18)33;2-1(3,4)8(5,6)7/h5-7,11,13-16H,8-10H2,1-4H3;(H,5,6,7). The normalized spacial score (nSPS) is 22.2. The zero-order valence-electron chi connectivity index (χ0n) is 25.7. The van der Waals surface area contributed by atoms with Gasteiger partial charge in [0.15, 0.2) is 46.5 Å². The molecule has 0 fully saturated rings. The molecule has 0 bridgehead atoms. The summed E-state index contributed by atoms with van der Waals surface area (Å²) in [4.78, 5) is 6.15. The molecule has 2 aliphatic rings. The molecule has 5 atom stereocenters. The quantitative estimate of drug-likeness (QED) is 0.101. The number of nitrogens with zero attached hydrogens (tertiary/aromatic N) is 2. The van der Waals surface area contributed by atoms with E-state index >= 15 is 0 Å². The van der Waals surface area contributed by atoms with Crippen molar-refractivity contribution in [1.82, 2.24) is 4.90 Å². The summed E-state index contributed by atoms with van der Waals surface area (Å²) in [6.45, 7) is 6.21. The van der Waals surface area contributed by atoms with E-state index in [0.29, 0.717) is 6.42 Å². The van der Waals surface area contributed by atoms with Gasteiger partial charge in [0.25, 0.3) is 0 Å². The second-order valence-corrected chi connectivity index (χ2v) is 13.3. The molecule has 5 nitrogen and oxygen atoms in total. The molecule has 4 rings (SSSR count). The molecule has 0 spiro atoms. The molecule has 1 N–H and O–H groups in total. The van der Waals surface area contributed by atoms with E-state index < -0.39 is 114 Å². The summed E-state index contributed by atoms with van der Waals surface area (Å²) in [7, 11) is -5.84. The Labute approximate surface area is 271 Å². The van der Waals surface area contributed by atoms with Crippen LogP contribution in [0, 0.1) is 58.2 Å². The van der Waals surface area contributed by atoms with E-state index in [1.807, 2.05) is 26.0 Å². The van der Waals surface area contributed by atoms with Gasteiger partial charge < -0.3 is 4.90 Å². The van der Waals surface area contributed by atoms with E-state index in [2.05, 4.69) is 4.99 Å². The molecule has 49 heavy (non-hydrogen) atoms. The van der Waals surface area contributed by atoms with Crippen molar-refractivity contribution >= 4 is 16.5 Å². The summed E-state index contributed by atoms with van der Waals surface area (Å²) >= 11 is 0. The fourth-order valence-corrected chi connectivity index (χ4v) is 5.88. The summed E-state index contributed by atoms with van der Waals surface area (Å²) < 4.78 is 199. The Morgan fingerprint density at radius 1 is 0.796 bits per heavy atom. The zero-order chi connectivity index (χ0) is 37.5. The smallest absolute Gasteiger partial charge is 0.349 e. The number of aliphatic imine (C=N–C) groups is 1. The van der Waals surface area contributed by atoms with Crippen molar-refractivity contribution in [3.63, 3.8) is 0 Å². The first kappa shape index (κ1) is 39.8. The summed E-state index contributed by atoms with van der Waals surface area (Å²) in [6, 6.07) is -1.72. The highest BCUT2D eigenvalue weighted by Gasteiger charge is 2.45. The average Bonchev–Trinajstić information content (AvgIpc) is 3.38. The largest absolute Gasteiger partial charge is 0.522 e. The monoisotopic (exact) mass is 742 g/mol. The number of alkyl halides is 3.